The summed E-state index contributed by atoms with van der Waals surface area (Å²) in [5.41, 5.74) is -0.715. The monoisotopic (exact) mass is 228 g/mol. The topological polar surface area (TPSA) is 61.4 Å². The van der Waals surface area contributed by atoms with Gasteiger partial charge in [-0.15, -0.1) is 0 Å². The van der Waals surface area contributed by atoms with E-state index in [1.807, 2.05) is 6.92 Å². The average molecular weight is 228 g/mol. The minimum absolute atomic E-state index is 0.0406. The number of hydrogen-bond donors (Lipinski definition) is 3. The molecule has 0 aromatic carbocycles. The van der Waals surface area contributed by atoms with Crippen LogP contribution in [0.5, 0.6) is 0 Å². The summed E-state index contributed by atoms with van der Waals surface area (Å²) in [6.07, 6.45) is 5.35. The summed E-state index contributed by atoms with van der Waals surface area (Å²) in [5, 5.41) is 15.7. The van der Waals surface area contributed by atoms with E-state index in [9.17, 15) is 9.90 Å². The van der Waals surface area contributed by atoms with Crippen LogP contribution >= 0.6 is 0 Å². The third kappa shape index (κ3) is 4.94. The third-order valence-corrected chi connectivity index (χ3v) is 3.27. The molecule has 0 radical (unpaired) electrons. The first-order valence-electron chi connectivity index (χ1n) is 6.26. The van der Waals surface area contributed by atoms with Gasteiger partial charge >= 0.3 is 0 Å². The summed E-state index contributed by atoms with van der Waals surface area (Å²) in [6, 6.07) is 0.376. The van der Waals surface area contributed by atoms with Gasteiger partial charge in [0.25, 0.3) is 0 Å². The first kappa shape index (κ1) is 13.5. The second-order valence-corrected chi connectivity index (χ2v) is 5.00. The Kier molecular flexibility index (Phi) is 5.22. The lowest BCUT2D eigenvalue weighted by Gasteiger charge is -2.21. The highest BCUT2D eigenvalue weighted by Gasteiger charge is 2.19. The predicted octanol–water partition coefficient (Wildman–Crippen LogP) is 0.796. The van der Waals surface area contributed by atoms with Gasteiger partial charge in [0.15, 0.2) is 0 Å². The van der Waals surface area contributed by atoms with Gasteiger partial charge in [-0.05, 0) is 26.2 Å². The van der Waals surface area contributed by atoms with Crippen molar-refractivity contribution in [3.05, 3.63) is 0 Å². The second-order valence-electron chi connectivity index (χ2n) is 5.00. The minimum Gasteiger partial charge on any atom is -0.389 e. The van der Waals surface area contributed by atoms with E-state index in [2.05, 4.69) is 10.6 Å². The molecule has 0 spiro atoms. The maximum absolute atomic E-state index is 11.5. The molecule has 1 rings (SSSR count). The van der Waals surface area contributed by atoms with Gasteiger partial charge in [0.2, 0.25) is 5.91 Å². The number of nitrogens with one attached hydrogen (secondary N) is 2. The molecule has 0 aromatic heterocycles. The van der Waals surface area contributed by atoms with Crippen molar-refractivity contribution in [1.82, 2.24) is 10.6 Å². The van der Waals surface area contributed by atoms with Crippen LogP contribution in [0.1, 0.15) is 46.0 Å². The molecule has 0 aromatic rings. The Morgan fingerprint density at radius 2 is 2.06 bits per heavy atom. The summed E-state index contributed by atoms with van der Waals surface area (Å²) in [4.78, 5) is 11.5. The smallest absolute Gasteiger partial charge is 0.234 e. The van der Waals surface area contributed by atoms with Gasteiger partial charge in [0, 0.05) is 12.6 Å². The predicted molar refractivity (Wildman–Crippen MR) is 64.2 cm³/mol. The summed E-state index contributed by atoms with van der Waals surface area (Å²) in [7, 11) is 0. The van der Waals surface area contributed by atoms with Crippen molar-refractivity contribution in [3.8, 4) is 0 Å². The molecule has 0 bridgehead atoms. The first-order chi connectivity index (χ1) is 7.53. The largest absolute Gasteiger partial charge is 0.389 e. The lowest BCUT2D eigenvalue weighted by Crippen LogP contribution is -2.44. The first-order valence-corrected chi connectivity index (χ1v) is 6.26. The molecule has 0 heterocycles. The Morgan fingerprint density at radius 1 is 1.44 bits per heavy atom. The van der Waals surface area contributed by atoms with Crippen molar-refractivity contribution in [2.45, 2.75) is 57.6 Å². The molecule has 0 saturated heterocycles. The van der Waals surface area contributed by atoms with Gasteiger partial charge in [0.1, 0.15) is 0 Å². The van der Waals surface area contributed by atoms with Crippen molar-refractivity contribution >= 4 is 5.91 Å². The molecular weight excluding hydrogens is 204 g/mol. The molecule has 1 atom stereocenters. The molecule has 1 saturated carbocycles. The fourth-order valence-electron chi connectivity index (χ4n) is 1.92. The Bertz CT molecular complexity index is 223. The molecule has 1 aliphatic carbocycles. The van der Waals surface area contributed by atoms with Crippen molar-refractivity contribution in [2.24, 2.45) is 0 Å². The zero-order valence-corrected chi connectivity index (χ0v) is 10.4. The lowest BCUT2D eigenvalue weighted by atomic mass is 10.0. The maximum Gasteiger partial charge on any atom is 0.234 e. The fourth-order valence-corrected chi connectivity index (χ4v) is 1.92. The van der Waals surface area contributed by atoms with Crippen LogP contribution in [-0.2, 0) is 4.79 Å². The number of carbonyl (C=O) groups is 1. The van der Waals surface area contributed by atoms with Gasteiger partial charge in [-0.25, -0.2) is 0 Å². The van der Waals surface area contributed by atoms with E-state index >= 15 is 0 Å². The van der Waals surface area contributed by atoms with E-state index in [0.29, 0.717) is 25.6 Å². The molecular formula is C12H24N2O2. The van der Waals surface area contributed by atoms with Crippen LogP contribution in [0.3, 0.4) is 0 Å². The summed E-state index contributed by atoms with van der Waals surface area (Å²) in [5.74, 6) is 0.0406. The molecule has 1 fully saturated rings. The van der Waals surface area contributed by atoms with E-state index in [4.69, 9.17) is 0 Å². The van der Waals surface area contributed by atoms with Crippen molar-refractivity contribution in [2.75, 3.05) is 13.1 Å². The Hall–Kier alpha value is -0.610. The van der Waals surface area contributed by atoms with Gasteiger partial charge in [-0.1, -0.05) is 19.8 Å². The van der Waals surface area contributed by atoms with Gasteiger partial charge in [0.05, 0.1) is 12.1 Å². The van der Waals surface area contributed by atoms with Crippen LogP contribution in [0.4, 0.5) is 0 Å². The van der Waals surface area contributed by atoms with Gasteiger partial charge < -0.3 is 15.7 Å². The van der Waals surface area contributed by atoms with Crippen LogP contribution < -0.4 is 10.6 Å². The number of carbonyl (C=O) groups excluding carboxylic acids is 1. The highest BCUT2D eigenvalue weighted by molar-refractivity contribution is 5.78. The number of rotatable bonds is 6. The van der Waals surface area contributed by atoms with Crippen LogP contribution in [0, 0.1) is 0 Å². The Morgan fingerprint density at radius 3 is 2.62 bits per heavy atom. The lowest BCUT2D eigenvalue weighted by molar-refractivity contribution is -0.121. The fraction of sp³-hybridized carbons (Fsp3) is 0.917. The molecule has 94 valence electrons. The van der Waals surface area contributed by atoms with Crippen molar-refractivity contribution < 1.29 is 9.90 Å². The molecule has 1 unspecified atom stereocenters. The molecule has 4 heteroatoms. The number of aliphatic hydroxyl groups is 1. The Labute approximate surface area is 97.8 Å². The molecule has 4 nitrogen and oxygen atoms in total. The standard InChI is InChI=1S/C12H24N2O2/c1-3-12(2,16)9-13-8-11(15)14-10-6-4-5-7-10/h10,13,16H,3-9H2,1-2H3,(H,14,15). The van der Waals surface area contributed by atoms with Crippen LogP contribution in [0.25, 0.3) is 0 Å². The summed E-state index contributed by atoms with van der Waals surface area (Å²) >= 11 is 0. The normalized spacial score (nSPS) is 20.7. The second kappa shape index (κ2) is 6.21. The number of hydrogen-bond acceptors (Lipinski definition) is 3. The maximum atomic E-state index is 11.5. The minimum atomic E-state index is -0.715. The van der Waals surface area contributed by atoms with Crippen LogP contribution in [0.2, 0.25) is 0 Å². The average Bonchev–Trinajstić information content (AvgIpc) is 2.70. The van der Waals surface area contributed by atoms with Crippen molar-refractivity contribution in [3.63, 3.8) is 0 Å². The van der Waals surface area contributed by atoms with E-state index in [1.54, 1.807) is 6.92 Å². The van der Waals surface area contributed by atoms with Crippen LogP contribution in [0.15, 0.2) is 0 Å². The zero-order chi connectivity index (χ0) is 12.0. The quantitative estimate of drug-likeness (QED) is 0.630. The third-order valence-electron chi connectivity index (χ3n) is 3.27. The molecule has 16 heavy (non-hydrogen) atoms. The molecule has 0 aliphatic heterocycles. The molecule has 1 aliphatic rings. The SMILES string of the molecule is CCC(C)(O)CNCC(=O)NC1CCCC1. The highest BCUT2D eigenvalue weighted by Crippen LogP contribution is 2.17. The van der Waals surface area contributed by atoms with E-state index in [-0.39, 0.29) is 5.91 Å². The Balaban J connectivity index is 2.10. The van der Waals surface area contributed by atoms with E-state index in [1.165, 1.54) is 12.8 Å². The van der Waals surface area contributed by atoms with Gasteiger partial charge in [-0.2, -0.15) is 0 Å². The van der Waals surface area contributed by atoms with Crippen LogP contribution in [-0.4, -0.2) is 35.7 Å². The van der Waals surface area contributed by atoms with E-state index < -0.39 is 5.60 Å². The van der Waals surface area contributed by atoms with E-state index in [0.717, 1.165) is 12.8 Å². The number of amides is 1. The molecule has 1 amide bonds. The van der Waals surface area contributed by atoms with Gasteiger partial charge in [-0.3, -0.25) is 4.79 Å². The van der Waals surface area contributed by atoms with Crippen molar-refractivity contribution in [1.29, 1.82) is 0 Å². The summed E-state index contributed by atoms with van der Waals surface area (Å²) < 4.78 is 0. The highest BCUT2D eigenvalue weighted by atomic mass is 16.3. The zero-order valence-electron chi connectivity index (χ0n) is 10.4. The molecule has 3 N–H and O–H groups in total. The summed E-state index contributed by atoms with van der Waals surface area (Å²) in [6.45, 7) is 4.46.